The zero-order valence-electron chi connectivity index (χ0n) is 20.0. The molecule has 2 heterocycles. The minimum atomic E-state index is -0.514. The highest BCUT2D eigenvalue weighted by molar-refractivity contribution is 5.40. The van der Waals surface area contributed by atoms with Crippen molar-refractivity contribution < 1.29 is 19.3 Å². The number of rotatable bonds is 10. The maximum absolute atomic E-state index is 12.4. The molecule has 1 aromatic rings. The normalized spacial score (nSPS) is 23.7. The van der Waals surface area contributed by atoms with Crippen LogP contribution in [0.5, 0.6) is 11.6 Å². The van der Waals surface area contributed by atoms with Gasteiger partial charge in [0.2, 0.25) is 17.1 Å². The fourth-order valence-electron chi connectivity index (χ4n) is 3.76. The molecule has 1 aliphatic heterocycles. The molecule has 0 aliphatic carbocycles. The second-order valence-corrected chi connectivity index (χ2v) is 8.64. The monoisotopic (exact) mass is 431 g/mol. The van der Waals surface area contributed by atoms with Crippen LogP contribution in [0.2, 0.25) is 0 Å². The van der Waals surface area contributed by atoms with E-state index in [-0.39, 0.29) is 23.2 Å². The van der Waals surface area contributed by atoms with Crippen molar-refractivity contribution in [2.75, 3.05) is 14.2 Å². The number of aromatic amines is 1. The fourth-order valence-corrected chi connectivity index (χ4v) is 3.76. The van der Waals surface area contributed by atoms with Gasteiger partial charge in [0.1, 0.15) is 5.60 Å². The zero-order valence-corrected chi connectivity index (χ0v) is 20.0. The van der Waals surface area contributed by atoms with E-state index < -0.39 is 11.7 Å². The highest BCUT2D eigenvalue weighted by Gasteiger charge is 2.55. The lowest BCUT2D eigenvalue weighted by molar-refractivity contribution is 0.0564. The number of methoxy groups -OCH3 is 2. The molecule has 1 saturated heterocycles. The average molecular weight is 432 g/mol. The first-order valence-electron chi connectivity index (χ1n) is 10.7. The van der Waals surface area contributed by atoms with E-state index in [1.165, 1.54) is 19.8 Å². The van der Waals surface area contributed by atoms with Gasteiger partial charge in [-0.3, -0.25) is 4.79 Å². The van der Waals surface area contributed by atoms with E-state index in [1.807, 2.05) is 27.7 Å². The first-order chi connectivity index (χ1) is 14.5. The minimum absolute atomic E-state index is 0.0149. The smallest absolute Gasteiger partial charge is 0.238 e. The highest BCUT2D eigenvalue weighted by atomic mass is 16.6. The third-order valence-corrected chi connectivity index (χ3v) is 6.15. The summed E-state index contributed by atoms with van der Waals surface area (Å²) in [5, 5.41) is 10.5. The van der Waals surface area contributed by atoms with Gasteiger partial charge in [0.25, 0.3) is 0 Å². The second kappa shape index (κ2) is 10.3. The number of nitrogens with one attached hydrogen (secondary N) is 1. The molecule has 2 rings (SSSR count). The van der Waals surface area contributed by atoms with E-state index in [2.05, 4.69) is 36.2 Å². The number of H-pyrrole nitrogens is 1. The summed E-state index contributed by atoms with van der Waals surface area (Å²) >= 11 is 0. The first-order valence-corrected chi connectivity index (χ1v) is 10.7. The Morgan fingerprint density at radius 2 is 1.97 bits per heavy atom. The Morgan fingerprint density at radius 3 is 2.52 bits per heavy atom. The number of ether oxygens (including phenoxy) is 3. The van der Waals surface area contributed by atoms with Gasteiger partial charge < -0.3 is 24.3 Å². The Kier molecular flexibility index (Phi) is 8.32. The van der Waals surface area contributed by atoms with Crippen molar-refractivity contribution in [2.24, 2.45) is 5.92 Å². The van der Waals surface area contributed by atoms with Crippen molar-refractivity contribution in [3.8, 4) is 11.6 Å². The second-order valence-electron chi connectivity index (χ2n) is 8.64. The molecule has 6 heteroatoms. The van der Waals surface area contributed by atoms with E-state index in [9.17, 15) is 9.90 Å². The summed E-state index contributed by atoms with van der Waals surface area (Å²) in [7, 11) is 2.97. The molecular weight excluding hydrogens is 394 g/mol. The molecule has 0 unspecified atom stereocenters. The number of pyridine rings is 1. The number of aliphatic hydroxyl groups is 1. The molecule has 0 aromatic carbocycles. The molecule has 172 valence electrons. The lowest BCUT2D eigenvalue weighted by atomic mass is 9.90. The number of hydrogen-bond acceptors (Lipinski definition) is 5. The van der Waals surface area contributed by atoms with Gasteiger partial charge >= 0.3 is 0 Å². The molecule has 1 aliphatic rings. The highest BCUT2D eigenvalue weighted by Crippen LogP contribution is 2.41. The molecule has 4 atom stereocenters. The van der Waals surface area contributed by atoms with Crippen LogP contribution in [0, 0.1) is 12.8 Å². The van der Waals surface area contributed by atoms with Crippen LogP contribution < -0.4 is 14.9 Å². The molecule has 0 spiro atoms. The number of allylic oxidation sites excluding steroid dienone is 5. The van der Waals surface area contributed by atoms with Crippen molar-refractivity contribution in [3.63, 3.8) is 0 Å². The molecule has 2 N–H and O–H groups in total. The van der Waals surface area contributed by atoms with Crippen LogP contribution in [-0.4, -0.2) is 42.1 Å². The Balaban J connectivity index is 1.98. The molecule has 31 heavy (non-hydrogen) atoms. The van der Waals surface area contributed by atoms with Crippen molar-refractivity contribution >= 4 is 0 Å². The first kappa shape index (κ1) is 25.0. The van der Waals surface area contributed by atoms with E-state index >= 15 is 0 Å². The molecule has 6 nitrogen and oxygen atoms in total. The van der Waals surface area contributed by atoms with Gasteiger partial charge in [-0.15, -0.1) is 0 Å². The third-order valence-electron chi connectivity index (χ3n) is 6.15. The minimum Gasteiger partial charge on any atom is -0.488 e. The molecule has 0 amide bonds. The lowest BCUT2D eigenvalue weighted by Crippen LogP contribution is -2.33. The summed E-state index contributed by atoms with van der Waals surface area (Å²) < 4.78 is 15.9. The molecule has 1 fully saturated rings. The molecule has 0 saturated carbocycles. The van der Waals surface area contributed by atoms with Crippen molar-refractivity contribution in [1.29, 1.82) is 0 Å². The van der Waals surface area contributed by atoms with Gasteiger partial charge in [0.05, 0.1) is 26.4 Å². The van der Waals surface area contributed by atoms with Crippen LogP contribution in [0.15, 0.2) is 40.2 Å². The van der Waals surface area contributed by atoms with Gasteiger partial charge in [-0.25, -0.2) is 0 Å². The van der Waals surface area contributed by atoms with E-state index in [4.69, 9.17) is 14.2 Å². The zero-order chi connectivity index (χ0) is 23.3. The largest absolute Gasteiger partial charge is 0.488 e. The maximum atomic E-state index is 12.4. The van der Waals surface area contributed by atoms with Gasteiger partial charge in [-0.2, -0.15) is 0 Å². The SMILES string of the molecule is COc1[nH]c(C/C=C(\C)C/C=C/C(C)=C/[C@H](C)[C@H](O)[C@@]2(C)O[C@@H]2C)c(C)c(=O)c1OC. The van der Waals surface area contributed by atoms with Crippen LogP contribution in [0.1, 0.15) is 52.3 Å². The van der Waals surface area contributed by atoms with Crippen LogP contribution in [-0.2, 0) is 11.2 Å². The number of aliphatic hydroxyl groups excluding tert-OH is 1. The molecule has 0 bridgehead atoms. The van der Waals surface area contributed by atoms with Gasteiger partial charge in [-0.1, -0.05) is 42.4 Å². The van der Waals surface area contributed by atoms with Crippen molar-refractivity contribution in [3.05, 3.63) is 56.9 Å². The average Bonchev–Trinajstić information content (AvgIpc) is 3.35. The number of aromatic nitrogens is 1. The summed E-state index contributed by atoms with van der Waals surface area (Å²) in [5.74, 6) is 0.558. The van der Waals surface area contributed by atoms with Crippen molar-refractivity contribution in [2.45, 2.75) is 72.2 Å². The van der Waals surface area contributed by atoms with Gasteiger partial charge in [0, 0.05) is 23.6 Å². The van der Waals surface area contributed by atoms with Crippen LogP contribution in [0.3, 0.4) is 0 Å². The number of hydrogen-bond donors (Lipinski definition) is 2. The Labute approximate surface area is 185 Å². The quantitative estimate of drug-likeness (QED) is 0.329. The summed E-state index contributed by atoms with van der Waals surface area (Å²) in [4.78, 5) is 15.6. The van der Waals surface area contributed by atoms with E-state index in [1.54, 1.807) is 6.92 Å². The summed E-state index contributed by atoms with van der Waals surface area (Å²) in [6.45, 7) is 11.8. The van der Waals surface area contributed by atoms with Crippen LogP contribution in [0.4, 0.5) is 0 Å². The van der Waals surface area contributed by atoms with Gasteiger partial charge in [0.15, 0.2) is 0 Å². The Hall–Kier alpha value is -2.31. The van der Waals surface area contributed by atoms with Crippen LogP contribution in [0.25, 0.3) is 0 Å². The van der Waals surface area contributed by atoms with E-state index in [0.29, 0.717) is 17.9 Å². The summed E-state index contributed by atoms with van der Waals surface area (Å²) in [5.41, 5.74) is 3.16. The van der Waals surface area contributed by atoms with Crippen LogP contribution >= 0.6 is 0 Å². The van der Waals surface area contributed by atoms with Gasteiger partial charge in [-0.05, 0) is 41.0 Å². The fraction of sp³-hybridized carbons (Fsp3) is 0.560. The predicted octanol–water partition coefficient (Wildman–Crippen LogP) is 4.26. The topological polar surface area (TPSA) is 84.1 Å². The Morgan fingerprint density at radius 1 is 1.32 bits per heavy atom. The summed E-state index contributed by atoms with van der Waals surface area (Å²) in [6, 6.07) is 0. The predicted molar refractivity (Wildman–Crippen MR) is 124 cm³/mol. The molecule has 0 radical (unpaired) electrons. The van der Waals surface area contributed by atoms with E-state index in [0.717, 1.165) is 17.7 Å². The standard InChI is InChI=1S/C25H37NO5/c1-15(12-13-20-18(4)21(27)22(29-7)24(26-20)30-8)10-9-11-16(2)14-17(3)23(28)25(6)19(5)31-25/h9,11-12,14,17,19,23,28H,10,13H2,1-8H3,(H,26,27)/b11-9+,15-12+,16-14+/t17-,19+,23-,25-/m0/s1. The number of epoxide rings is 1. The third kappa shape index (κ3) is 5.89. The summed E-state index contributed by atoms with van der Waals surface area (Å²) in [6.07, 6.45) is 9.37. The molecular formula is C25H37NO5. The maximum Gasteiger partial charge on any atom is 0.238 e. The van der Waals surface area contributed by atoms with Crippen molar-refractivity contribution in [1.82, 2.24) is 4.98 Å². The Bertz CT molecular complexity index is 927. The molecule has 1 aromatic heterocycles. The lowest BCUT2D eigenvalue weighted by Gasteiger charge is -2.20.